The van der Waals surface area contributed by atoms with Crippen LogP contribution in [0, 0.1) is 13.8 Å². The quantitative estimate of drug-likeness (QED) is 0.694. The molecule has 7 heteroatoms. The van der Waals surface area contributed by atoms with Gasteiger partial charge in [-0.25, -0.2) is 4.79 Å². The maximum atomic E-state index is 12.4. The maximum Gasteiger partial charge on any atom is 0.340 e. The Hall–Kier alpha value is -2.38. The fourth-order valence-corrected chi connectivity index (χ4v) is 3.51. The summed E-state index contributed by atoms with van der Waals surface area (Å²) in [5, 5.41) is 3.65. The molecule has 2 aromatic rings. The van der Waals surface area contributed by atoms with E-state index in [1.807, 2.05) is 19.9 Å². The number of amides is 1. The highest BCUT2D eigenvalue weighted by Crippen LogP contribution is 2.30. The molecule has 2 heterocycles. The van der Waals surface area contributed by atoms with Crippen molar-refractivity contribution in [3.8, 4) is 5.75 Å². The molecular weight excluding hydrogens is 348 g/mol. The van der Waals surface area contributed by atoms with Gasteiger partial charge < -0.3 is 24.1 Å². The average molecular weight is 375 g/mol. The molecule has 1 amide bonds. The second-order valence-corrected chi connectivity index (χ2v) is 6.97. The lowest BCUT2D eigenvalue weighted by molar-refractivity contribution is -0.906. The fraction of sp³-hybridized carbons (Fsp3) is 0.500. The average Bonchev–Trinajstić information content (AvgIpc) is 2.65. The molecule has 1 aromatic heterocycles. The van der Waals surface area contributed by atoms with Gasteiger partial charge in [0.1, 0.15) is 24.4 Å². The summed E-state index contributed by atoms with van der Waals surface area (Å²) in [7, 11) is 1.58. The van der Waals surface area contributed by atoms with E-state index in [2.05, 4.69) is 5.32 Å². The Balaban J connectivity index is 1.73. The minimum absolute atomic E-state index is 0.000415. The summed E-state index contributed by atoms with van der Waals surface area (Å²) in [6.45, 7) is 8.63. The molecule has 0 bridgehead atoms. The van der Waals surface area contributed by atoms with E-state index in [-0.39, 0.29) is 12.3 Å². The van der Waals surface area contributed by atoms with E-state index in [1.165, 1.54) is 4.90 Å². The predicted molar refractivity (Wildman–Crippen MR) is 102 cm³/mol. The van der Waals surface area contributed by atoms with Crippen molar-refractivity contribution in [3.05, 3.63) is 39.2 Å². The molecule has 27 heavy (non-hydrogen) atoms. The van der Waals surface area contributed by atoms with Crippen LogP contribution >= 0.6 is 0 Å². The highest BCUT2D eigenvalue weighted by Gasteiger charge is 2.18. The largest absolute Gasteiger partial charge is 0.496 e. The number of fused-ring (bicyclic) bond motifs is 1. The summed E-state index contributed by atoms with van der Waals surface area (Å²) in [5.74, 6) is 0.465. The number of nitrogens with one attached hydrogen (secondary N) is 2. The number of ether oxygens (including phenoxy) is 2. The van der Waals surface area contributed by atoms with Crippen molar-refractivity contribution >= 4 is 16.9 Å². The molecule has 1 aromatic carbocycles. The Labute approximate surface area is 158 Å². The first-order valence-electron chi connectivity index (χ1n) is 9.28. The first-order chi connectivity index (χ1) is 13.0. The Morgan fingerprint density at radius 2 is 2.00 bits per heavy atom. The molecule has 0 aliphatic carbocycles. The van der Waals surface area contributed by atoms with Crippen LogP contribution in [0.1, 0.15) is 16.7 Å². The smallest absolute Gasteiger partial charge is 0.340 e. The van der Waals surface area contributed by atoms with Gasteiger partial charge in [-0.1, -0.05) is 0 Å². The first kappa shape index (κ1) is 19.4. The summed E-state index contributed by atoms with van der Waals surface area (Å²) < 4.78 is 16.2. The van der Waals surface area contributed by atoms with Crippen LogP contribution in [0.3, 0.4) is 0 Å². The van der Waals surface area contributed by atoms with E-state index in [4.69, 9.17) is 13.9 Å². The van der Waals surface area contributed by atoms with Crippen molar-refractivity contribution in [2.75, 3.05) is 46.5 Å². The number of rotatable bonds is 6. The lowest BCUT2D eigenvalue weighted by atomic mass is 10.0. The third kappa shape index (κ3) is 4.48. The van der Waals surface area contributed by atoms with Gasteiger partial charge in [0.15, 0.2) is 0 Å². The first-order valence-corrected chi connectivity index (χ1v) is 9.28. The van der Waals surface area contributed by atoms with Gasteiger partial charge in [0.25, 0.3) is 0 Å². The van der Waals surface area contributed by atoms with Gasteiger partial charge >= 0.3 is 5.63 Å². The van der Waals surface area contributed by atoms with E-state index in [9.17, 15) is 9.59 Å². The minimum atomic E-state index is -0.471. The molecule has 0 unspecified atom stereocenters. The molecule has 1 fully saturated rings. The van der Waals surface area contributed by atoms with E-state index in [1.54, 1.807) is 13.2 Å². The van der Waals surface area contributed by atoms with Gasteiger partial charge in [0.2, 0.25) is 5.91 Å². The molecule has 146 valence electrons. The van der Waals surface area contributed by atoms with Crippen LogP contribution in [0.4, 0.5) is 0 Å². The number of hydrogen-bond donors (Lipinski definition) is 2. The highest BCUT2D eigenvalue weighted by atomic mass is 16.5. The Bertz CT molecular complexity index is 884. The number of hydrogen-bond acceptors (Lipinski definition) is 5. The number of carbonyl (C=O) groups excluding carboxylic acids is 1. The number of benzene rings is 1. The summed E-state index contributed by atoms with van der Waals surface area (Å²) in [4.78, 5) is 26.2. The van der Waals surface area contributed by atoms with E-state index < -0.39 is 5.63 Å². The lowest BCUT2D eigenvalue weighted by Gasteiger charge is -2.23. The van der Waals surface area contributed by atoms with E-state index >= 15 is 0 Å². The Morgan fingerprint density at radius 3 is 2.70 bits per heavy atom. The normalized spacial score (nSPS) is 15.1. The number of quaternary nitrogens is 1. The number of aryl methyl sites for hydroxylation is 2. The molecule has 2 N–H and O–H groups in total. The van der Waals surface area contributed by atoms with Crippen molar-refractivity contribution in [1.82, 2.24) is 5.32 Å². The van der Waals surface area contributed by atoms with Crippen LogP contribution in [0.25, 0.3) is 11.0 Å². The van der Waals surface area contributed by atoms with E-state index in [0.717, 1.165) is 49.4 Å². The van der Waals surface area contributed by atoms with Crippen molar-refractivity contribution < 1.29 is 23.6 Å². The molecule has 0 radical (unpaired) electrons. The zero-order valence-corrected chi connectivity index (χ0v) is 16.1. The van der Waals surface area contributed by atoms with Crippen LogP contribution in [0.15, 0.2) is 21.3 Å². The molecule has 1 saturated heterocycles. The van der Waals surface area contributed by atoms with Crippen molar-refractivity contribution in [2.45, 2.75) is 20.3 Å². The number of methoxy groups -OCH3 is 1. The van der Waals surface area contributed by atoms with Gasteiger partial charge in [-0.05, 0) is 37.1 Å². The van der Waals surface area contributed by atoms with Crippen molar-refractivity contribution in [1.29, 1.82) is 0 Å². The monoisotopic (exact) mass is 375 g/mol. The standard InChI is InChI=1S/C20H26N2O5/c1-13-10-16(25-3)19-14(2)15(20(24)27-17(19)11-13)12-18(23)21-4-5-22-6-8-26-9-7-22/h10-11H,4-9,12H2,1-3H3,(H,21,23)/p+1. The molecule has 0 spiro atoms. The third-order valence-corrected chi connectivity index (χ3v) is 5.04. The molecule has 0 saturated carbocycles. The molecule has 7 nitrogen and oxygen atoms in total. The second-order valence-electron chi connectivity index (χ2n) is 6.97. The molecule has 3 rings (SSSR count). The number of morpholine rings is 1. The van der Waals surface area contributed by atoms with Crippen LogP contribution in [0.2, 0.25) is 0 Å². The molecule has 1 aliphatic heterocycles. The van der Waals surface area contributed by atoms with Gasteiger partial charge in [-0.15, -0.1) is 0 Å². The topological polar surface area (TPSA) is 82.2 Å². The molecule has 0 atom stereocenters. The Kier molecular flexibility index (Phi) is 6.13. The van der Waals surface area contributed by atoms with Crippen LogP contribution in [-0.2, 0) is 16.0 Å². The molecular formula is C20H27N2O5+. The van der Waals surface area contributed by atoms with Crippen molar-refractivity contribution in [2.24, 2.45) is 0 Å². The predicted octanol–water partition coefficient (Wildman–Crippen LogP) is -0.00776. The van der Waals surface area contributed by atoms with Gasteiger partial charge in [0, 0.05) is 0 Å². The zero-order chi connectivity index (χ0) is 19.4. The van der Waals surface area contributed by atoms with Crippen molar-refractivity contribution in [3.63, 3.8) is 0 Å². The van der Waals surface area contributed by atoms with Crippen LogP contribution in [-0.4, -0.2) is 52.4 Å². The summed E-state index contributed by atoms with van der Waals surface area (Å²) in [5.41, 5.74) is 2.06. The second kappa shape index (κ2) is 8.54. The maximum absolute atomic E-state index is 12.4. The van der Waals surface area contributed by atoms with Gasteiger partial charge in [-0.3, -0.25) is 4.79 Å². The van der Waals surface area contributed by atoms with Gasteiger partial charge in [0.05, 0.1) is 50.8 Å². The highest BCUT2D eigenvalue weighted by molar-refractivity contribution is 5.89. The SMILES string of the molecule is COc1cc(C)cc2oc(=O)c(CC(=O)NCC[NH+]3CCOCC3)c(C)c12. The zero-order valence-electron chi connectivity index (χ0n) is 16.1. The lowest BCUT2D eigenvalue weighted by Crippen LogP contribution is -3.14. The van der Waals surface area contributed by atoms with Crippen LogP contribution < -0.4 is 20.6 Å². The summed E-state index contributed by atoms with van der Waals surface area (Å²) in [6, 6.07) is 3.70. The van der Waals surface area contributed by atoms with Crippen LogP contribution in [0.5, 0.6) is 5.75 Å². The summed E-state index contributed by atoms with van der Waals surface area (Å²) in [6.07, 6.45) is -0.000415. The van der Waals surface area contributed by atoms with Gasteiger partial charge in [-0.2, -0.15) is 0 Å². The van der Waals surface area contributed by atoms with E-state index in [0.29, 0.717) is 23.4 Å². The molecule has 1 aliphatic rings. The fourth-order valence-electron chi connectivity index (χ4n) is 3.51. The third-order valence-electron chi connectivity index (χ3n) is 5.04. The minimum Gasteiger partial charge on any atom is -0.496 e. The summed E-state index contributed by atoms with van der Waals surface area (Å²) >= 11 is 0. The number of carbonyl (C=O) groups is 1. The Morgan fingerprint density at radius 1 is 1.26 bits per heavy atom.